The molecular formula is C26H26N4O2S. The molecule has 0 aliphatic heterocycles. The fourth-order valence-electron chi connectivity index (χ4n) is 3.50. The van der Waals surface area contributed by atoms with Gasteiger partial charge in [-0.05, 0) is 37.1 Å². The van der Waals surface area contributed by atoms with Gasteiger partial charge in [-0.2, -0.15) is 0 Å². The molecule has 1 atom stereocenters. The summed E-state index contributed by atoms with van der Waals surface area (Å²) < 4.78 is 7.36. The van der Waals surface area contributed by atoms with Crippen molar-refractivity contribution in [1.82, 2.24) is 14.8 Å². The molecule has 3 aromatic carbocycles. The van der Waals surface area contributed by atoms with Gasteiger partial charge in [0.15, 0.2) is 11.0 Å². The van der Waals surface area contributed by atoms with Crippen LogP contribution in [0, 0.1) is 13.8 Å². The smallest absolute Gasteiger partial charge is 0.242 e. The van der Waals surface area contributed by atoms with E-state index < -0.39 is 5.25 Å². The number of anilines is 1. The van der Waals surface area contributed by atoms with Gasteiger partial charge in [0.1, 0.15) is 11.0 Å². The van der Waals surface area contributed by atoms with Gasteiger partial charge in [-0.1, -0.05) is 78.0 Å². The Morgan fingerprint density at radius 3 is 2.36 bits per heavy atom. The van der Waals surface area contributed by atoms with Gasteiger partial charge in [0.25, 0.3) is 0 Å². The third kappa shape index (κ3) is 5.09. The zero-order valence-corrected chi connectivity index (χ0v) is 19.9. The first-order valence-corrected chi connectivity index (χ1v) is 11.5. The number of nitrogens with zero attached hydrogens (tertiary/aromatic N) is 3. The lowest BCUT2D eigenvalue weighted by Crippen LogP contribution is -2.20. The quantitative estimate of drug-likeness (QED) is 0.366. The molecule has 0 saturated heterocycles. The fourth-order valence-corrected chi connectivity index (χ4v) is 4.50. The molecule has 0 spiro atoms. The van der Waals surface area contributed by atoms with Crippen LogP contribution in [0.25, 0.3) is 11.4 Å². The lowest BCUT2D eigenvalue weighted by atomic mass is 10.1. The van der Waals surface area contributed by atoms with E-state index in [2.05, 4.69) is 15.5 Å². The number of ether oxygens (including phenoxy) is 1. The van der Waals surface area contributed by atoms with Crippen molar-refractivity contribution in [3.05, 3.63) is 89.5 Å². The molecule has 1 aromatic heterocycles. The summed E-state index contributed by atoms with van der Waals surface area (Å²) in [5.74, 6) is 1.21. The molecule has 0 aliphatic rings. The maximum Gasteiger partial charge on any atom is 0.242 e. The second-order valence-corrected chi connectivity index (χ2v) is 8.91. The van der Waals surface area contributed by atoms with Crippen LogP contribution in [-0.2, 0) is 11.8 Å². The monoisotopic (exact) mass is 458 g/mol. The molecule has 0 bridgehead atoms. The van der Waals surface area contributed by atoms with Crippen LogP contribution in [0.5, 0.6) is 5.75 Å². The number of nitrogens with one attached hydrogen (secondary N) is 1. The van der Waals surface area contributed by atoms with Crippen LogP contribution in [0.15, 0.2) is 78.0 Å². The Hall–Kier alpha value is -3.58. The lowest BCUT2D eigenvalue weighted by Gasteiger charge is -2.18. The molecule has 0 fully saturated rings. The van der Waals surface area contributed by atoms with E-state index in [1.165, 1.54) is 17.3 Å². The van der Waals surface area contributed by atoms with Gasteiger partial charge in [0.05, 0.1) is 12.8 Å². The number of hydrogen-bond donors (Lipinski definition) is 1. The number of aryl methyl sites for hydroxylation is 2. The Labute approximate surface area is 198 Å². The minimum Gasteiger partial charge on any atom is -0.495 e. The highest BCUT2D eigenvalue weighted by Crippen LogP contribution is 2.37. The summed E-state index contributed by atoms with van der Waals surface area (Å²) in [6.07, 6.45) is 0. The summed E-state index contributed by atoms with van der Waals surface area (Å²) in [6, 6.07) is 23.5. The summed E-state index contributed by atoms with van der Waals surface area (Å²) in [6.45, 7) is 4.03. The maximum atomic E-state index is 13.5. The summed E-state index contributed by atoms with van der Waals surface area (Å²) in [4.78, 5) is 13.5. The predicted molar refractivity (Wildman–Crippen MR) is 133 cm³/mol. The number of amides is 1. The third-order valence-electron chi connectivity index (χ3n) is 5.32. The first-order valence-electron chi connectivity index (χ1n) is 10.6. The Kier molecular flexibility index (Phi) is 6.79. The van der Waals surface area contributed by atoms with Gasteiger partial charge in [-0.25, -0.2) is 0 Å². The number of aromatic nitrogens is 3. The van der Waals surface area contributed by atoms with Gasteiger partial charge < -0.3 is 14.6 Å². The standard InChI is InChI=1S/C26H26N4O2S/c1-17-10-13-20(14-11-17)24-28-29-26(30(24)3)33-23(19-8-6-5-7-9-19)25(31)27-21-16-18(2)12-15-22(21)32-4/h5-16,23H,1-4H3,(H,27,31). The van der Waals surface area contributed by atoms with Crippen LogP contribution in [0.4, 0.5) is 5.69 Å². The van der Waals surface area contributed by atoms with Crippen molar-refractivity contribution in [3.8, 4) is 17.1 Å². The summed E-state index contributed by atoms with van der Waals surface area (Å²) in [5.41, 5.74) is 4.72. The highest BCUT2D eigenvalue weighted by atomic mass is 32.2. The minimum absolute atomic E-state index is 0.157. The zero-order valence-electron chi connectivity index (χ0n) is 19.1. The van der Waals surface area contributed by atoms with E-state index in [9.17, 15) is 4.79 Å². The zero-order chi connectivity index (χ0) is 23.4. The van der Waals surface area contributed by atoms with Crippen LogP contribution < -0.4 is 10.1 Å². The average molecular weight is 459 g/mol. The molecule has 1 heterocycles. The molecule has 0 radical (unpaired) electrons. The van der Waals surface area contributed by atoms with Gasteiger partial charge >= 0.3 is 0 Å². The minimum atomic E-state index is -0.523. The van der Waals surface area contributed by atoms with Crippen LogP contribution in [0.2, 0.25) is 0 Å². The maximum absolute atomic E-state index is 13.5. The molecule has 1 N–H and O–H groups in total. The first-order chi connectivity index (χ1) is 16.0. The molecule has 0 saturated carbocycles. The highest BCUT2D eigenvalue weighted by Gasteiger charge is 2.26. The molecule has 1 unspecified atom stereocenters. The van der Waals surface area contributed by atoms with Crippen molar-refractivity contribution in [1.29, 1.82) is 0 Å². The third-order valence-corrected chi connectivity index (χ3v) is 6.61. The number of thioether (sulfide) groups is 1. The molecular weight excluding hydrogens is 432 g/mol. The van der Waals surface area contributed by atoms with E-state index in [-0.39, 0.29) is 5.91 Å². The molecule has 168 valence electrons. The Morgan fingerprint density at radius 2 is 1.67 bits per heavy atom. The van der Waals surface area contributed by atoms with Gasteiger partial charge in [-0.15, -0.1) is 10.2 Å². The van der Waals surface area contributed by atoms with Crippen LogP contribution in [0.3, 0.4) is 0 Å². The second-order valence-electron chi connectivity index (χ2n) is 7.83. The summed E-state index contributed by atoms with van der Waals surface area (Å²) in [7, 11) is 3.51. The van der Waals surface area contributed by atoms with E-state index in [4.69, 9.17) is 4.74 Å². The summed E-state index contributed by atoms with van der Waals surface area (Å²) in [5, 5.41) is 12.0. The average Bonchev–Trinajstić information content (AvgIpc) is 3.18. The van der Waals surface area contributed by atoms with Gasteiger partial charge in [-0.3, -0.25) is 4.79 Å². The first kappa shape index (κ1) is 22.6. The van der Waals surface area contributed by atoms with Gasteiger partial charge in [0.2, 0.25) is 5.91 Å². The van der Waals surface area contributed by atoms with Gasteiger partial charge in [0, 0.05) is 12.6 Å². The molecule has 33 heavy (non-hydrogen) atoms. The normalized spacial score (nSPS) is 11.8. The second kappa shape index (κ2) is 9.92. The molecule has 1 amide bonds. The molecule has 4 rings (SSSR count). The number of carbonyl (C=O) groups excluding carboxylic acids is 1. The van der Waals surface area contributed by atoms with E-state index in [0.717, 1.165) is 22.5 Å². The SMILES string of the molecule is COc1ccc(C)cc1NC(=O)C(Sc1nnc(-c2ccc(C)cc2)n1C)c1ccccc1. The van der Waals surface area contributed by atoms with Crippen molar-refractivity contribution in [2.75, 3.05) is 12.4 Å². The Balaban J connectivity index is 1.65. The topological polar surface area (TPSA) is 69.0 Å². The van der Waals surface area contributed by atoms with Crippen molar-refractivity contribution >= 4 is 23.4 Å². The van der Waals surface area contributed by atoms with Crippen molar-refractivity contribution < 1.29 is 9.53 Å². The largest absolute Gasteiger partial charge is 0.495 e. The Morgan fingerprint density at radius 1 is 0.970 bits per heavy atom. The van der Waals surface area contributed by atoms with Crippen molar-refractivity contribution in [2.24, 2.45) is 7.05 Å². The highest BCUT2D eigenvalue weighted by molar-refractivity contribution is 8.00. The van der Waals surface area contributed by atoms with Crippen molar-refractivity contribution in [3.63, 3.8) is 0 Å². The Bertz CT molecular complexity index is 1250. The van der Waals surface area contributed by atoms with E-state index in [1.807, 2.05) is 98.3 Å². The number of rotatable bonds is 7. The lowest BCUT2D eigenvalue weighted by molar-refractivity contribution is -0.115. The predicted octanol–water partition coefficient (Wildman–Crippen LogP) is 5.58. The molecule has 0 aliphatic carbocycles. The van der Waals surface area contributed by atoms with E-state index in [1.54, 1.807) is 7.11 Å². The van der Waals surface area contributed by atoms with Crippen LogP contribution in [-0.4, -0.2) is 27.8 Å². The van der Waals surface area contributed by atoms with Crippen LogP contribution >= 0.6 is 11.8 Å². The number of hydrogen-bond acceptors (Lipinski definition) is 5. The summed E-state index contributed by atoms with van der Waals surface area (Å²) >= 11 is 1.37. The molecule has 6 nitrogen and oxygen atoms in total. The fraction of sp³-hybridized carbons (Fsp3) is 0.192. The van der Waals surface area contributed by atoms with Crippen molar-refractivity contribution in [2.45, 2.75) is 24.3 Å². The number of methoxy groups -OCH3 is 1. The van der Waals surface area contributed by atoms with Crippen LogP contribution in [0.1, 0.15) is 21.9 Å². The number of benzene rings is 3. The van der Waals surface area contributed by atoms with E-state index in [0.29, 0.717) is 16.6 Å². The number of carbonyl (C=O) groups is 1. The molecule has 7 heteroatoms. The molecule has 4 aromatic rings. The van der Waals surface area contributed by atoms with E-state index >= 15 is 0 Å².